The Kier molecular flexibility index (Phi) is 7.60. The molecule has 0 saturated heterocycles. The highest BCUT2D eigenvalue weighted by molar-refractivity contribution is 7.07. The van der Waals surface area contributed by atoms with E-state index in [1.54, 1.807) is 36.1 Å². The number of carbonyl (C=O) groups excluding carboxylic acids is 2. The van der Waals surface area contributed by atoms with Crippen molar-refractivity contribution in [1.29, 1.82) is 0 Å². The molecule has 1 atom stereocenters. The number of benzene rings is 3. The lowest BCUT2D eigenvalue weighted by molar-refractivity contribution is -0.138. The molecule has 6 rings (SSSR count). The Hall–Kier alpha value is -4.73. The molecule has 0 radical (unpaired) electrons. The van der Waals surface area contributed by atoms with Gasteiger partial charge in [0.05, 0.1) is 36.2 Å². The standard InChI is InChI=1S/C33H26ClN3O5S/c1-4-17-36-23-14-10-9-13-21(23)25(30(36)38)29-31(39)37-28(22-18-20(34)15-16-24(22)41-3)26(32(40)42-5-2)27(35-33(37)43-29)19-11-7-6-8-12-19/h4,6-16,18,28H,1,5,17H2,2-3H3/b29-25-/t28-/m0/s1. The molecule has 1 amide bonds. The third-order valence-corrected chi connectivity index (χ3v) is 8.59. The van der Waals surface area contributed by atoms with Gasteiger partial charge in [-0.3, -0.25) is 14.2 Å². The number of halogens is 1. The van der Waals surface area contributed by atoms with E-state index >= 15 is 0 Å². The number of thiazole rings is 1. The molecular weight excluding hydrogens is 586 g/mol. The van der Waals surface area contributed by atoms with Gasteiger partial charge in [0.1, 0.15) is 16.3 Å². The molecule has 0 bridgehead atoms. The lowest BCUT2D eigenvalue weighted by Crippen LogP contribution is -2.41. The van der Waals surface area contributed by atoms with Crippen LogP contribution in [0.3, 0.4) is 0 Å². The number of hydrogen-bond donors (Lipinski definition) is 0. The monoisotopic (exact) mass is 611 g/mol. The van der Waals surface area contributed by atoms with Gasteiger partial charge >= 0.3 is 5.97 Å². The topological polar surface area (TPSA) is 90.2 Å². The van der Waals surface area contributed by atoms with Gasteiger partial charge in [0, 0.05) is 28.3 Å². The van der Waals surface area contributed by atoms with Crippen molar-refractivity contribution in [1.82, 2.24) is 4.57 Å². The first-order chi connectivity index (χ1) is 20.9. The summed E-state index contributed by atoms with van der Waals surface area (Å²) in [6.07, 6.45) is 1.64. The number of hydrogen-bond acceptors (Lipinski definition) is 7. The number of anilines is 1. The van der Waals surface area contributed by atoms with E-state index in [1.807, 2.05) is 54.6 Å². The smallest absolute Gasteiger partial charge is 0.338 e. The minimum atomic E-state index is -1.01. The molecule has 0 fully saturated rings. The molecule has 4 aromatic rings. The van der Waals surface area contributed by atoms with Crippen LogP contribution in [0.2, 0.25) is 5.02 Å². The molecule has 0 unspecified atom stereocenters. The average Bonchev–Trinajstić information content (AvgIpc) is 3.49. The number of amides is 1. The number of esters is 1. The van der Waals surface area contributed by atoms with Crippen molar-refractivity contribution in [2.75, 3.05) is 25.2 Å². The second-order valence-electron chi connectivity index (χ2n) is 9.73. The highest BCUT2D eigenvalue weighted by atomic mass is 35.5. The van der Waals surface area contributed by atoms with Gasteiger partial charge in [-0.2, -0.15) is 0 Å². The minimum absolute atomic E-state index is 0.114. The molecule has 0 N–H and O–H groups in total. The highest BCUT2D eigenvalue weighted by Gasteiger charge is 2.39. The Morgan fingerprint density at radius 1 is 1.09 bits per heavy atom. The highest BCUT2D eigenvalue weighted by Crippen LogP contribution is 2.40. The molecule has 216 valence electrons. The molecule has 2 aliphatic rings. The van der Waals surface area contributed by atoms with Crippen LogP contribution in [-0.4, -0.2) is 36.7 Å². The van der Waals surface area contributed by atoms with Crippen LogP contribution in [0.25, 0.3) is 11.3 Å². The third kappa shape index (κ3) is 4.70. The number of ether oxygens (including phenoxy) is 2. The van der Waals surface area contributed by atoms with Crippen molar-refractivity contribution in [2.45, 2.75) is 13.0 Å². The number of nitrogens with zero attached hydrogens (tertiary/aromatic N) is 3. The van der Waals surface area contributed by atoms with Crippen molar-refractivity contribution in [2.24, 2.45) is 4.99 Å². The predicted octanol–water partition coefficient (Wildman–Crippen LogP) is 4.50. The zero-order valence-electron chi connectivity index (χ0n) is 23.4. The summed E-state index contributed by atoms with van der Waals surface area (Å²) < 4.78 is 12.9. The van der Waals surface area contributed by atoms with Crippen LogP contribution >= 0.6 is 22.9 Å². The quantitative estimate of drug-likeness (QED) is 0.227. The summed E-state index contributed by atoms with van der Waals surface area (Å²) in [5, 5.41) is 0.391. The maximum absolute atomic E-state index is 14.5. The Balaban J connectivity index is 1.75. The van der Waals surface area contributed by atoms with Crippen molar-refractivity contribution >= 4 is 51.8 Å². The van der Waals surface area contributed by atoms with E-state index in [2.05, 4.69) is 6.58 Å². The molecule has 0 spiro atoms. The molecule has 1 aromatic heterocycles. The maximum Gasteiger partial charge on any atom is 0.338 e. The van der Waals surface area contributed by atoms with Crippen LogP contribution in [-0.2, 0) is 14.3 Å². The van der Waals surface area contributed by atoms with Crippen LogP contribution in [0.4, 0.5) is 5.69 Å². The van der Waals surface area contributed by atoms with Crippen LogP contribution in [0.1, 0.15) is 29.7 Å². The van der Waals surface area contributed by atoms with Crippen LogP contribution in [0.15, 0.2) is 101 Å². The largest absolute Gasteiger partial charge is 0.496 e. The Morgan fingerprint density at radius 3 is 2.56 bits per heavy atom. The average molecular weight is 612 g/mol. The molecule has 3 heterocycles. The second kappa shape index (κ2) is 11.5. The first kappa shape index (κ1) is 28.4. The Morgan fingerprint density at radius 2 is 1.84 bits per heavy atom. The van der Waals surface area contributed by atoms with E-state index < -0.39 is 17.6 Å². The SMILES string of the molecule is C=CCN1C(=O)/C(=c2\sc3n(c2=O)[C@@H](c2cc(Cl)ccc2OC)C(C(=O)OCC)=C(c2ccccc2)N=3)c2ccccc21. The lowest BCUT2D eigenvalue weighted by Gasteiger charge is -2.27. The fourth-order valence-corrected chi connectivity index (χ4v) is 6.79. The number of para-hydroxylation sites is 1. The van der Waals surface area contributed by atoms with Crippen LogP contribution in [0, 0.1) is 0 Å². The van der Waals surface area contributed by atoms with E-state index in [1.165, 1.54) is 11.7 Å². The summed E-state index contributed by atoms with van der Waals surface area (Å²) in [5.41, 5.74) is 2.80. The first-order valence-corrected chi connectivity index (χ1v) is 14.8. The fourth-order valence-electron chi connectivity index (χ4n) is 5.51. The normalized spacial score (nSPS) is 16.9. The molecule has 0 aliphatic carbocycles. The van der Waals surface area contributed by atoms with E-state index in [0.717, 1.165) is 11.3 Å². The molecule has 2 aliphatic heterocycles. The number of rotatable bonds is 7. The Bertz CT molecular complexity index is 2010. The fraction of sp³-hybridized carbons (Fsp3) is 0.152. The minimum Gasteiger partial charge on any atom is -0.496 e. The third-order valence-electron chi connectivity index (χ3n) is 7.30. The molecule has 3 aromatic carbocycles. The van der Waals surface area contributed by atoms with E-state index in [0.29, 0.717) is 43.6 Å². The summed E-state index contributed by atoms with van der Waals surface area (Å²) >= 11 is 7.57. The summed E-state index contributed by atoms with van der Waals surface area (Å²) in [7, 11) is 1.51. The summed E-state index contributed by atoms with van der Waals surface area (Å²) in [6.45, 7) is 5.90. The van der Waals surface area contributed by atoms with Crippen molar-refractivity contribution in [3.63, 3.8) is 0 Å². The van der Waals surface area contributed by atoms with Crippen molar-refractivity contribution < 1.29 is 19.1 Å². The van der Waals surface area contributed by atoms with Crippen LogP contribution < -0.4 is 24.5 Å². The molecule has 0 saturated carbocycles. The summed E-state index contributed by atoms with van der Waals surface area (Å²) in [5.74, 6) is -0.520. The van der Waals surface area contributed by atoms with Gasteiger partial charge in [-0.15, -0.1) is 6.58 Å². The lowest BCUT2D eigenvalue weighted by atomic mass is 9.92. The van der Waals surface area contributed by atoms with E-state index in [-0.39, 0.29) is 34.7 Å². The Labute approximate surface area is 256 Å². The number of methoxy groups -OCH3 is 1. The second-order valence-corrected chi connectivity index (χ2v) is 11.1. The van der Waals surface area contributed by atoms with Gasteiger partial charge < -0.3 is 14.4 Å². The zero-order chi connectivity index (χ0) is 30.2. The van der Waals surface area contributed by atoms with Gasteiger partial charge in [0.15, 0.2) is 4.80 Å². The van der Waals surface area contributed by atoms with Gasteiger partial charge in [-0.1, -0.05) is 77.5 Å². The predicted molar refractivity (Wildman–Crippen MR) is 167 cm³/mol. The molecular formula is C33H26ClN3O5S. The zero-order valence-corrected chi connectivity index (χ0v) is 24.9. The number of fused-ring (bicyclic) bond motifs is 2. The first-order valence-electron chi connectivity index (χ1n) is 13.6. The number of carbonyl (C=O) groups is 2. The van der Waals surface area contributed by atoms with E-state index in [4.69, 9.17) is 26.1 Å². The summed E-state index contributed by atoms with van der Waals surface area (Å²) in [4.78, 5) is 48.9. The summed E-state index contributed by atoms with van der Waals surface area (Å²) in [6, 6.07) is 20.6. The van der Waals surface area contributed by atoms with Crippen molar-refractivity contribution in [3.05, 3.63) is 132 Å². The maximum atomic E-state index is 14.5. The van der Waals surface area contributed by atoms with Gasteiger partial charge in [0.2, 0.25) is 0 Å². The van der Waals surface area contributed by atoms with Gasteiger partial charge in [-0.25, -0.2) is 9.79 Å². The number of aromatic nitrogens is 1. The molecule has 43 heavy (non-hydrogen) atoms. The van der Waals surface area contributed by atoms with Gasteiger partial charge in [0.25, 0.3) is 11.5 Å². The molecule has 8 nitrogen and oxygen atoms in total. The van der Waals surface area contributed by atoms with E-state index in [9.17, 15) is 14.4 Å². The van der Waals surface area contributed by atoms with Gasteiger partial charge in [-0.05, 0) is 31.2 Å². The van der Waals surface area contributed by atoms with Crippen LogP contribution in [0.5, 0.6) is 5.75 Å². The van der Waals surface area contributed by atoms with Crippen molar-refractivity contribution in [3.8, 4) is 5.75 Å². The molecule has 10 heteroatoms.